The number of methoxy groups -OCH3 is 1. The number of rotatable bonds is 9. The molecular formula is C28H31ClN4O4S. The monoisotopic (exact) mass is 554 g/mol. The number of anilines is 1. The summed E-state index contributed by atoms with van der Waals surface area (Å²) in [6, 6.07) is 13.8. The quantitative estimate of drug-likeness (QED) is 0.416. The summed E-state index contributed by atoms with van der Waals surface area (Å²) in [4.78, 5) is 24.0. The maximum Gasteiger partial charge on any atom is 0.236 e. The summed E-state index contributed by atoms with van der Waals surface area (Å²) < 4.78 is 16.2. The van der Waals surface area contributed by atoms with Crippen LogP contribution < -0.4 is 14.8 Å². The van der Waals surface area contributed by atoms with Crippen LogP contribution in [0.1, 0.15) is 34.9 Å². The summed E-state index contributed by atoms with van der Waals surface area (Å²) in [5.41, 5.74) is 1.46. The summed E-state index contributed by atoms with van der Waals surface area (Å²) in [7, 11) is 1.74. The van der Waals surface area contributed by atoms with Gasteiger partial charge in [-0.15, -0.1) is 0 Å². The van der Waals surface area contributed by atoms with Crippen molar-refractivity contribution in [3.63, 3.8) is 0 Å². The van der Waals surface area contributed by atoms with E-state index in [1.807, 2.05) is 42.6 Å². The van der Waals surface area contributed by atoms with E-state index in [1.165, 1.54) is 11.3 Å². The Bertz CT molecular complexity index is 1310. The largest absolute Gasteiger partial charge is 0.454 e. The van der Waals surface area contributed by atoms with Gasteiger partial charge in [0.15, 0.2) is 16.6 Å². The molecule has 8 nitrogen and oxygen atoms in total. The topological polar surface area (TPSA) is 76.2 Å². The molecule has 200 valence electrons. The van der Waals surface area contributed by atoms with Gasteiger partial charge in [0.25, 0.3) is 0 Å². The summed E-state index contributed by atoms with van der Waals surface area (Å²) in [5.74, 6) is 1.39. The Labute approximate surface area is 231 Å². The first-order valence-electron chi connectivity index (χ1n) is 12.9. The van der Waals surface area contributed by atoms with Crippen molar-refractivity contribution in [3.8, 4) is 11.5 Å². The van der Waals surface area contributed by atoms with E-state index in [4.69, 9.17) is 25.8 Å². The number of carbonyl (C=O) groups is 1. The molecule has 2 aliphatic heterocycles. The van der Waals surface area contributed by atoms with Crippen LogP contribution in [0.25, 0.3) is 0 Å². The highest BCUT2D eigenvalue weighted by atomic mass is 35.5. The van der Waals surface area contributed by atoms with Crippen LogP contribution in [0, 0.1) is 0 Å². The van der Waals surface area contributed by atoms with Gasteiger partial charge in [-0.05, 0) is 42.2 Å². The van der Waals surface area contributed by atoms with Gasteiger partial charge in [0.05, 0.1) is 18.1 Å². The molecule has 1 N–H and O–H groups in total. The molecular weight excluding hydrogens is 524 g/mol. The van der Waals surface area contributed by atoms with Crippen molar-refractivity contribution >= 4 is 34.0 Å². The molecule has 1 atom stereocenters. The van der Waals surface area contributed by atoms with Crippen LogP contribution >= 0.6 is 22.9 Å². The molecule has 3 heterocycles. The van der Waals surface area contributed by atoms with Gasteiger partial charge in [-0.25, -0.2) is 4.98 Å². The number of piperazine rings is 1. The Kier molecular flexibility index (Phi) is 7.29. The second-order valence-electron chi connectivity index (χ2n) is 9.97. The third kappa shape index (κ3) is 5.01. The average Bonchev–Trinajstić information content (AvgIpc) is 3.40. The van der Waals surface area contributed by atoms with Crippen molar-refractivity contribution in [2.24, 2.45) is 0 Å². The Balaban J connectivity index is 1.20. The molecule has 1 amide bonds. The molecule has 3 aromatic rings. The van der Waals surface area contributed by atoms with E-state index in [-0.39, 0.29) is 18.7 Å². The number of amides is 1. The molecule has 2 fully saturated rings. The Morgan fingerprint density at radius 2 is 1.95 bits per heavy atom. The third-order valence-electron chi connectivity index (χ3n) is 7.71. The van der Waals surface area contributed by atoms with Crippen LogP contribution in [0.15, 0.2) is 48.7 Å². The van der Waals surface area contributed by atoms with E-state index in [9.17, 15) is 4.79 Å². The maximum absolute atomic E-state index is 13.5. The van der Waals surface area contributed by atoms with Gasteiger partial charge in [-0.2, -0.15) is 0 Å². The summed E-state index contributed by atoms with van der Waals surface area (Å²) in [6.45, 7) is 5.63. The zero-order valence-corrected chi connectivity index (χ0v) is 22.9. The van der Waals surface area contributed by atoms with E-state index in [0.717, 1.165) is 78.9 Å². The number of halogens is 1. The van der Waals surface area contributed by atoms with Gasteiger partial charge in [-0.1, -0.05) is 47.2 Å². The van der Waals surface area contributed by atoms with Gasteiger partial charge in [0.2, 0.25) is 12.7 Å². The molecule has 2 aromatic carbocycles. The molecule has 1 unspecified atom stereocenters. The Morgan fingerprint density at radius 1 is 1.16 bits per heavy atom. The van der Waals surface area contributed by atoms with Crippen LogP contribution in [0.4, 0.5) is 5.13 Å². The van der Waals surface area contributed by atoms with Crippen molar-refractivity contribution in [2.45, 2.75) is 24.3 Å². The molecule has 0 bridgehead atoms. The number of nitrogens with zero attached hydrogens (tertiary/aromatic N) is 3. The highest BCUT2D eigenvalue weighted by Gasteiger charge is 2.52. The molecule has 0 spiro atoms. The summed E-state index contributed by atoms with van der Waals surface area (Å²) in [6.07, 6.45) is 3.48. The minimum Gasteiger partial charge on any atom is -0.454 e. The Hall–Kier alpha value is -2.69. The minimum absolute atomic E-state index is 0.0276. The molecule has 1 saturated carbocycles. The molecule has 3 aliphatic rings. The predicted molar refractivity (Wildman–Crippen MR) is 147 cm³/mol. The number of benzene rings is 2. The van der Waals surface area contributed by atoms with Gasteiger partial charge >= 0.3 is 0 Å². The van der Waals surface area contributed by atoms with E-state index in [0.29, 0.717) is 10.9 Å². The number of ether oxygens (including phenoxy) is 3. The smallest absolute Gasteiger partial charge is 0.236 e. The lowest BCUT2D eigenvalue weighted by Gasteiger charge is -2.39. The highest BCUT2D eigenvalue weighted by molar-refractivity contribution is 7.15. The van der Waals surface area contributed by atoms with E-state index < -0.39 is 5.41 Å². The summed E-state index contributed by atoms with van der Waals surface area (Å²) in [5, 5.41) is 4.45. The van der Waals surface area contributed by atoms with Crippen LogP contribution in [-0.2, 0) is 14.9 Å². The van der Waals surface area contributed by atoms with E-state index in [1.54, 1.807) is 7.11 Å². The number of hydrogen-bond donors (Lipinski definition) is 1. The van der Waals surface area contributed by atoms with Crippen LogP contribution in [0.2, 0.25) is 5.02 Å². The predicted octanol–water partition coefficient (Wildman–Crippen LogP) is 4.55. The molecule has 1 saturated heterocycles. The first-order chi connectivity index (χ1) is 18.6. The number of hydrogen-bond acceptors (Lipinski definition) is 8. The lowest BCUT2D eigenvalue weighted by Crippen LogP contribution is -2.48. The SMILES string of the molecule is COCCN1CCN(C(c2cnc(NC(=O)C3(c4ccc5c(c4)OCO5)CC3)s2)c2ccccc2Cl)CC1. The van der Waals surface area contributed by atoms with Gasteiger partial charge in [0, 0.05) is 55.9 Å². The third-order valence-corrected chi connectivity index (χ3v) is 9.02. The molecule has 1 aromatic heterocycles. The molecule has 6 rings (SSSR count). The van der Waals surface area contributed by atoms with Crippen molar-refractivity contribution in [2.75, 3.05) is 58.6 Å². The van der Waals surface area contributed by atoms with E-state index in [2.05, 4.69) is 26.2 Å². The second kappa shape index (κ2) is 10.8. The van der Waals surface area contributed by atoms with Crippen LogP contribution in [0.5, 0.6) is 11.5 Å². The summed E-state index contributed by atoms with van der Waals surface area (Å²) >= 11 is 8.21. The van der Waals surface area contributed by atoms with Crippen molar-refractivity contribution in [3.05, 3.63) is 69.7 Å². The first kappa shape index (κ1) is 25.6. The van der Waals surface area contributed by atoms with Crippen LogP contribution in [0.3, 0.4) is 0 Å². The maximum atomic E-state index is 13.5. The van der Waals surface area contributed by atoms with Gasteiger partial charge < -0.3 is 19.5 Å². The highest BCUT2D eigenvalue weighted by Crippen LogP contribution is 2.51. The first-order valence-corrected chi connectivity index (χ1v) is 14.1. The zero-order chi connectivity index (χ0) is 26.1. The van der Waals surface area contributed by atoms with E-state index >= 15 is 0 Å². The van der Waals surface area contributed by atoms with Crippen molar-refractivity contribution in [1.82, 2.24) is 14.8 Å². The lowest BCUT2D eigenvalue weighted by molar-refractivity contribution is -0.118. The van der Waals surface area contributed by atoms with Crippen molar-refractivity contribution < 1.29 is 19.0 Å². The zero-order valence-electron chi connectivity index (χ0n) is 21.3. The lowest BCUT2D eigenvalue weighted by atomic mass is 9.94. The van der Waals surface area contributed by atoms with Crippen LogP contribution in [-0.4, -0.2) is 73.9 Å². The standard InChI is InChI=1S/C28H31ClN4O4S/c1-35-15-14-32-10-12-33(13-11-32)25(20-4-2-3-5-21(20)29)24-17-30-27(38-24)31-26(34)28(8-9-28)19-6-7-22-23(16-19)37-18-36-22/h2-7,16-17,25H,8-15,18H2,1H3,(H,30,31,34). The molecule has 38 heavy (non-hydrogen) atoms. The number of aromatic nitrogens is 1. The second-order valence-corrected chi connectivity index (χ2v) is 11.4. The van der Waals surface area contributed by atoms with Gasteiger partial charge in [-0.3, -0.25) is 14.6 Å². The number of fused-ring (bicyclic) bond motifs is 1. The Morgan fingerprint density at radius 3 is 2.71 bits per heavy atom. The number of thiazole rings is 1. The fourth-order valence-electron chi connectivity index (χ4n) is 5.35. The normalized spacial score (nSPS) is 19.3. The number of nitrogens with one attached hydrogen (secondary N) is 1. The molecule has 1 aliphatic carbocycles. The molecule has 0 radical (unpaired) electrons. The average molecular weight is 555 g/mol. The number of carbonyl (C=O) groups excluding carboxylic acids is 1. The van der Waals surface area contributed by atoms with Crippen molar-refractivity contribution in [1.29, 1.82) is 0 Å². The van der Waals surface area contributed by atoms with Gasteiger partial charge in [0.1, 0.15) is 0 Å². The fraction of sp³-hybridized carbons (Fsp3) is 0.429. The minimum atomic E-state index is -0.548. The fourth-order valence-corrected chi connectivity index (χ4v) is 6.55. The molecule has 10 heteroatoms.